The zero-order chi connectivity index (χ0) is 11.5. The summed E-state index contributed by atoms with van der Waals surface area (Å²) in [6.07, 6.45) is 3.45. The van der Waals surface area contributed by atoms with Gasteiger partial charge in [0.2, 0.25) is 0 Å². The third-order valence-electron chi connectivity index (χ3n) is 2.04. The molecular formula is C11H10BrN3S. The van der Waals surface area contributed by atoms with Crippen LogP contribution in [0.2, 0.25) is 0 Å². The summed E-state index contributed by atoms with van der Waals surface area (Å²) >= 11 is 4.87. The minimum Gasteiger partial charge on any atom is -0.397 e. The maximum absolute atomic E-state index is 5.71. The zero-order valence-electron chi connectivity index (χ0n) is 8.64. The molecule has 0 amide bonds. The van der Waals surface area contributed by atoms with Crippen molar-refractivity contribution in [2.45, 2.75) is 17.0 Å². The van der Waals surface area contributed by atoms with E-state index in [4.69, 9.17) is 5.73 Å². The number of rotatable bonds is 2. The fourth-order valence-corrected chi connectivity index (χ4v) is 2.16. The lowest BCUT2D eigenvalue weighted by Crippen LogP contribution is -1.92. The first-order valence-corrected chi connectivity index (χ1v) is 6.27. The summed E-state index contributed by atoms with van der Waals surface area (Å²) in [6, 6.07) is 5.87. The first-order valence-electron chi connectivity index (χ1n) is 4.66. The van der Waals surface area contributed by atoms with Gasteiger partial charge in [0.05, 0.1) is 11.9 Å². The van der Waals surface area contributed by atoms with E-state index < -0.39 is 0 Å². The quantitative estimate of drug-likeness (QED) is 0.924. The Labute approximate surface area is 107 Å². The standard InChI is InChI=1S/C11H10BrN3S/c1-7-4-11(15-6-9(7)13)16-10-3-2-8(12)5-14-10/h2-6H,13H2,1H3. The van der Waals surface area contributed by atoms with Crippen molar-refractivity contribution in [2.24, 2.45) is 0 Å². The van der Waals surface area contributed by atoms with Gasteiger partial charge in [0, 0.05) is 10.7 Å². The van der Waals surface area contributed by atoms with Crippen LogP contribution in [0, 0.1) is 6.92 Å². The lowest BCUT2D eigenvalue weighted by atomic mass is 10.3. The molecule has 2 N–H and O–H groups in total. The van der Waals surface area contributed by atoms with Gasteiger partial charge >= 0.3 is 0 Å². The predicted molar refractivity (Wildman–Crippen MR) is 69.4 cm³/mol. The van der Waals surface area contributed by atoms with Crippen LogP contribution in [0.4, 0.5) is 5.69 Å². The van der Waals surface area contributed by atoms with Gasteiger partial charge in [0.1, 0.15) is 10.1 Å². The first-order chi connectivity index (χ1) is 7.65. The predicted octanol–water partition coefficient (Wildman–Crippen LogP) is 3.28. The second-order valence-corrected chi connectivity index (χ2v) is 5.25. The monoisotopic (exact) mass is 295 g/mol. The Balaban J connectivity index is 2.20. The van der Waals surface area contributed by atoms with Crippen LogP contribution in [0.5, 0.6) is 0 Å². The Morgan fingerprint density at radius 3 is 2.56 bits per heavy atom. The van der Waals surface area contributed by atoms with Gasteiger partial charge in [-0.15, -0.1) is 0 Å². The average Bonchev–Trinajstić information content (AvgIpc) is 2.27. The number of pyridine rings is 2. The van der Waals surface area contributed by atoms with Crippen LogP contribution in [0.1, 0.15) is 5.56 Å². The van der Waals surface area contributed by atoms with E-state index in [-0.39, 0.29) is 0 Å². The molecule has 82 valence electrons. The minimum absolute atomic E-state index is 0.716. The van der Waals surface area contributed by atoms with Gasteiger partial charge in [0.15, 0.2) is 0 Å². The van der Waals surface area contributed by atoms with Crippen LogP contribution < -0.4 is 5.73 Å². The highest BCUT2D eigenvalue weighted by Gasteiger charge is 2.02. The molecule has 0 fully saturated rings. The molecule has 0 aliphatic heterocycles. The summed E-state index contributed by atoms with van der Waals surface area (Å²) in [7, 11) is 0. The van der Waals surface area contributed by atoms with E-state index >= 15 is 0 Å². The third kappa shape index (κ3) is 2.74. The number of nitrogens with two attached hydrogens (primary N) is 1. The van der Waals surface area contributed by atoms with Gasteiger partial charge in [-0.2, -0.15) is 0 Å². The lowest BCUT2D eigenvalue weighted by molar-refractivity contribution is 1.08. The topological polar surface area (TPSA) is 51.8 Å². The van der Waals surface area contributed by atoms with Gasteiger partial charge < -0.3 is 5.73 Å². The molecule has 2 rings (SSSR count). The van der Waals surface area contributed by atoms with Crippen LogP contribution in [0.3, 0.4) is 0 Å². The Hall–Kier alpha value is -1.07. The van der Waals surface area contributed by atoms with E-state index in [9.17, 15) is 0 Å². The van der Waals surface area contributed by atoms with Gasteiger partial charge in [-0.1, -0.05) is 11.8 Å². The van der Waals surface area contributed by atoms with Crippen LogP contribution in [0.15, 0.2) is 45.1 Å². The maximum Gasteiger partial charge on any atom is 0.103 e. The molecule has 0 aliphatic carbocycles. The van der Waals surface area contributed by atoms with E-state index in [2.05, 4.69) is 25.9 Å². The highest BCUT2D eigenvalue weighted by atomic mass is 79.9. The minimum atomic E-state index is 0.716. The molecule has 2 aromatic rings. The Morgan fingerprint density at radius 1 is 1.19 bits per heavy atom. The molecule has 3 nitrogen and oxygen atoms in total. The molecule has 0 radical (unpaired) electrons. The molecule has 0 bridgehead atoms. The van der Waals surface area contributed by atoms with Gasteiger partial charge in [-0.3, -0.25) is 0 Å². The molecule has 0 aliphatic rings. The molecule has 0 saturated carbocycles. The van der Waals surface area contributed by atoms with Crippen molar-refractivity contribution in [1.29, 1.82) is 0 Å². The van der Waals surface area contributed by atoms with E-state index in [1.807, 2.05) is 25.1 Å². The smallest absolute Gasteiger partial charge is 0.103 e. The Kier molecular flexibility index (Phi) is 3.46. The fourth-order valence-electron chi connectivity index (χ4n) is 1.13. The maximum atomic E-state index is 5.71. The second-order valence-electron chi connectivity index (χ2n) is 3.30. The molecule has 0 unspecified atom stereocenters. The summed E-state index contributed by atoms with van der Waals surface area (Å²) in [5.41, 5.74) is 7.46. The highest BCUT2D eigenvalue weighted by molar-refractivity contribution is 9.10. The Morgan fingerprint density at radius 2 is 1.94 bits per heavy atom. The zero-order valence-corrected chi connectivity index (χ0v) is 11.0. The van der Waals surface area contributed by atoms with Gasteiger partial charge in [-0.05, 0) is 46.6 Å². The van der Waals surface area contributed by atoms with Crippen LogP contribution in [-0.4, -0.2) is 9.97 Å². The third-order valence-corrected chi connectivity index (χ3v) is 3.39. The van der Waals surface area contributed by atoms with Gasteiger partial charge in [-0.25, -0.2) is 9.97 Å². The summed E-state index contributed by atoms with van der Waals surface area (Å²) in [6.45, 7) is 1.97. The number of aryl methyl sites for hydroxylation is 1. The molecule has 0 aromatic carbocycles. The molecule has 2 heterocycles. The lowest BCUT2D eigenvalue weighted by Gasteiger charge is -2.03. The molecule has 2 aromatic heterocycles. The number of hydrogen-bond donors (Lipinski definition) is 1. The van der Waals surface area contributed by atoms with Crippen molar-refractivity contribution < 1.29 is 0 Å². The summed E-state index contributed by atoms with van der Waals surface area (Å²) in [5.74, 6) is 0. The van der Waals surface area contributed by atoms with Crippen molar-refractivity contribution in [3.8, 4) is 0 Å². The highest BCUT2D eigenvalue weighted by Crippen LogP contribution is 2.26. The molecule has 0 atom stereocenters. The SMILES string of the molecule is Cc1cc(Sc2ccc(Br)cn2)ncc1N. The molecule has 0 saturated heterocycles. The number of hydrogen-bond acceptors (Lipinski definition) is 4. The molecule has 0 spiro atoms. The largest absolute Gasteiger partial charge is 0.397 e. The number of nitrogens with zero attached hydrogens (tertiary/aromatic N) is 2. The second kappa shape index (κ2) is 4.84. The van der Waals surface area contributed by atoms with Crippen LogP contribution in [-0.2, 0) is 0 Å². The summed E-state index contributed by atoms with van der Waals surface area (Å²) in [5, 5.41) is 1.82. The van der Waals surface area contributed by atoms with Gasteiger partial charge in [0.25, 0.3) is 0 Å². The van der Waals surface area contributed by atoms with E-state index in [0.29, 0.717) is 5.69 Å². The number of anilines is 1. The molecule has 16 heavy (non-hydrogen) atoms. The Bertz CT molecular complexity index is 499. The number of halogens is 1. The summed E-state index contributed by atoms with van der Waals surface area (Å²) < 4.78 is 0.971. The van der Waals surface area contributed by atoms with Crippen LogP contribution >= 0.6 is 27.7 Å². The number of nitrogen functional groups attached to an aromatic ring is 1. The first kappa shape index (κ1) is 11.4. The molecular weight excluding hydrogens is 286 g/mol. The fraction of sp³-hybridized carbons (Fsp3) is 0.0909. The van der Waals surface area contributed by atoms with Crippen molar-refractivity contribution in [3.63, 3.8) is 0 Å². The van der Waals surface area contributed by atoms with Crippen LogP contribution in [0.25, 0.3) is 0 Å². The van der Waals surface area contributed by atoms with Crippen molar-refractivity contribution in [1.82, 2.24) is 9.97 Å². The van der Waals surface area contributed by atoms with Crippen molar-refractivity contribution >= 4 is 33.4 Å². The van der Waals surface area contributed by atoms with E-state index in [1.165, 1.54) is 11.8 Å². The van der Waals surface area contributed by atoms with Crippen molar-refractivity contribution in [3.05, 3.63) is 40.6 Å². The summed E-state index contributed by atoms with van der Waals surface area (Å²) in [4.78, 5) is 8.51. The van der Waals surface area contributed by atoms with Crippen molar-refractivity contribution in [2.75, 3.05) is 5.73 Å². The van der Waals surface area contributed by atoms with E-state index in [1.54, 1.807) is 12.4 Å². The normalized spacial score (nSPS) is 10.4. The molecule has 5 heteroatoms. The number of aromatic nitrogens is 2. The average molecular weight is 296 g/mol. The van der Waals surface area contributed by atoms with E-state index in [0.717, 1.165) is 20.1 Å².